The number of hydrogen-bond acceptors (Lipinski definition) is 2. The Kier molecular flexibility index (Phi) is 2.28. The first-order chi connectivity index (χ1) is 6.23. The Balaban J connectivity index is 1.99. The zero-order valence-electron chi connectivity index (χ0n) is 8.01. The first kappa shape index (κ1) is 9.00. The number of amides is 1. The summed E-state index contributed by atoms with van der Waals surface area (Å²) in [6.45, 7) is 1.76. The van der Waals surface area contributed by atoms with Crippen molar-refractivity contribution < 1.29 is 4.79 Å². The van der Waals surface area contributed by atoms with E-state index < -0.39 is 0 Å². The third-order valence-electron chi connectivity index (χ3n) is 3.67. The number of nitrogens with two attached hydrogens (primary N) is 1. The molecule has 1 saturated carbocycles. The summed E-state index contributed by atoms with van der Waals surface area (Å²) < 4.78 is 0. The van der Waals surface area contributed by atoms with Gasteiger partial charge in [-0.05, 0) is 25.3 Å². The summed E-state index contributed by atoms with van der Waals surface area (Å²) in [5, 5.41) is 3.25. The van der Waals surface area contributed by atoms with Crippen molar-refractivity contribution in [3.8, 4) is 0 Å². The molecule has 0 spiro atoms. The lowest BCUT2D eigenvalue weighted by molar-refractivity contribution is -0.128. The molecular formula is C10H18N2O. The highest BCUT2D eigenvalue weighted by atomic mass is 16.1. The van der Waals surface area contributed by atoms with Gasteiger partial charge in [-0.3, -0.25) is 4.79 Å². The molecule has 1 heterocycles. The van der Waals surface area contributed by atoms with Gasteiger partial charge in [-0.2, -0.15) is 0 Å². The van der Waals surface area contributed by atoms with Gasteiger partial charge < -0.3 is 11.1 Å². The topological polar surface area (TPSA) is 55.1 Å². The van der Waals surface area contributed by atoms with Crippen LogP contribution in [-0.4, -0.2) is 19.0 Å². The maximum atomic E-state index is 11.4. The van der Waals surface area contributed by atoms with E-state index in [0.717, 1.165) is 31.8 Å². The van der Waals surface area contributed by atoms with Gasteiger partial charge in [0.2, 0.25) is 5.91 Å². The van der Waals surface area contributed by atoms with Gasteiger partial charge in [-0.15, -0.1) is 0 Å². The molecule has 0 aromatic heterocycles. The minimum Gasteiger partial charge on any atom is -0.369 e. The number of nitrogens with one attached hydrogen (secondary N) is 1. The predicted molar refractivity (Wildman–Crippen MR) is 51.1 cm³/mol. The van der Waals surface area contributed by atoms with Crippen LogP contribution in [0.25, 0.3) is 0 Å². The van der Waals surface area contributed by atoms with Gasteiger partial charge in [-0.25, -0.2) is 0 Å². The lowest BCUT2D eigenvalue weighted by Gasteiger charge is -2.34. The van der Waals surface area contributed by atoms with Crippen molar-refractivity contribution in [3.05, 3.63) is 0 Å². The fourth-order valence-corrected chi connectivity index (χ4v) is 2.48. The third kappa shape index (κ3) is 1.57. The zero-order chi connectivity index (χ0) is 9.31. The number of primary amides is 1. The lowest BCUT2D eigenvalue weighted by atomic mass is 9.71. The summed E-state index contributed by atoms with van der Waals surface area (Å²) >= 11 is 0. The Morgan fingerprint density at radius 3 is 2.69 bits per heavy atom. The molecule has 3 heteroatoms. The molecule has 0 aromatic carbocycles. The first-order valence-corrected chi connectivity index (χ1v) is 5.24. The Labute approximate surface area is 79.1 Å². The van der Waals surface area contributed by atoms with Crippen LogP contribution in [0.1, 0.15) is 32.1 Å². The minimum atomic E-state index is -0.203. The van der Waals surface area contributed by atoms with E-state index in [-0.39, 0.29) is 11.3 Å². The van der Waals surface area contributed by atoms with Crippen molar-refractivity contribution in [2.24, 2.45) is 17.1 Å². The number of hydrogen-bond donors (Lipinski definition) is 2. The zero-order valence-corrected chi connectivity index (χ0v) is 8.01. The molecule has 3 N–H and O–H groups in total. The molecule has 1 aliphatic heterocycles. The minimum absolute atomic E-state index is 0.0931. The van der Waals surface area contributed by atoms with Gasteiger partial charge in [0, 0.05) is 6.54 Å². The average Bonchev–Trinajstić information content (AvgIpc) is 2.46. The molecule has 2 fully saturated rings. The van der Waals surface area contributed by atoms with Gasteiger partial charge in [0.05, 0.1) is 5.41 Å². The van der Waals surface area contributed by atoms with E-state index >= 15 is 0 Å². The number of rotatable bonds is 3. The number of carbonyl (C=O) groups excluding carboxylic acids is 1. The van der Waals surface area contributed by atoms with E-state index in [9.17, 15) is 4.79 Å². The Morgan fingerprint density at radius 2 is 2.31 bits per heavy atom. The van der Waals surface area contributed by atoms with E-state index in [2.05, 4.69) is 5.32 Å². The van der Waals surface area contributed by atoms with Crippen LogP contribution in [0.4, 0.5) is 0 Å². The van der Waals surface area contributed by atoms with Crippen LogP contribution < -0.4 is 11.1 Å². The van der Waals surface area contributed by atoms with Crippen LogP contribution in [0.15, 0.2) is 0 Å². The van der Waals surface area contributed by atoms with Crippen molar-refractivity contribution in [3.63, 3.8) is 0 Å². The molecule has 1 saturated heterocycles. The third-order valence-corrected chi connectivity index (χ3v) is 3.67. The van der Waals surface area contributed by atoms with Crippen LogP contribution in [0.3, 0.4) is 0 Å². The second-order valence-corrected chi connectivity index (χ2v) is 4.57. The van der Waals surface area contributed by atoms with Gasteiger partial charge >= 0.3 is 0 Å². The summed E-state index contributed by atoms with van der Waals surface area (Å²) in [6.07, 6.45) is 5.91. The van der Waals surface area contributed by atoms with Crippen LogP contribution in [0, 0.1) is 11.3 Å². The van der Waals surface area contributed by atoms with Crippen molar-refractivity contribution in [2.45, 2.75) is 32.1 Å². The Hall–Kier alpha value is -0.570. The average molecular weight is 182 g/mol. The molecule has 2 aliphatic rings. The second-order valence-electron chi connectivity index (χ2n) is 4.57. The molecule has 0 aromatic rings. The van der Waals surface area contributed by atoms with E-state index in [1.807, 2.05) is 0 Å². The van der Waals surface area contributed by atoms with Crippen molar-refractivity contribution >= 4 is 5.91 Å². The quantitative estimate of drug-likeness (QED) is 0.673. The summed E-state index contributed by atoms with van der Waals surface area (Å²) in [5.41, 5.74) is 5.28. The summed E-state index contributed by atoms with van der Waals surface area (Å²) in [4.78, 5) is 11.4. The van der Waals surface area contributed by atoms with Gasteiger partial charge in [0.15, 0.2) is 0 Å². The number of carbonyl (C=O) groups is 1. The van der Waals surface area contributed by atoms with E-state index in [1.165, 1.54) is 19.3 Å². The van der Waals surface area contributed by atoms with Crippen LogP contribution in [-0.2, 0) is 4.79 Å². The molecular weight excluding hydrogens is 164 g/mol. The molecule has 1 unspecified atom stereocenters. The van der Waals surface area contributed by atoms with Crippen molar-refractivity contribution in [1.82, 2.24) is 5.32 Å². The SMILES string of the molecule is NC(=O)C1(CC2CCC2)CCNC1. The summed E-state index contributed by atoms with van der Waals surface area (Å²) in [7, 11) is 0. The Bertz CT molecular complexity index is 205. The van der Waals surface area contributed by atoms with Gasteiger partial charge in [0.25, 0.3) is 0 Å². The van der Waals surface area contributed by atoms with E-state index in [1.54, 1.807) is 0 Å². The second kappa shape index (κ2) is 3.29. The molecule has 3 nitrogen and oxygen atoms in total. The molecule has 1 aliphatic carbocycles. The standard InChI is InChI=1S/C10H18N2O/c11-9(13)10(4-5-12-7-10)6-8-2-1-3-8/h8,12H,1-7H2,(H2,11,13). The maximum Gasteiger partial charge on any atom is 0.224 e. The van der Waals surface area contributed by atoms with E-state index in [0.29, 0.717) is 0 Å². The first-order valence-electron chi connectivity index (χ1n) is 5.24. The van der Waals surface area contributed by atoms with Crippen LogP contribution >= 0.6 is 0 Å². The fourth-order valence-electron chi connectivity index (χ4n) is 2.48. The highest BCUT2D eigenvalue weighted by Gasteiger charge is 2.42. The monoisotopic (exact) mass is 182 g/mol. The lowest BCUT2D eigenvalue weighted by Crippen LogP contribution is -2.41. The van der Waals surface area contributed by atoms with Crippen LogP contribution in [0.2, 0.25) is 0 Å². The molecule has 1 atom stereocenters. The van der Waals surface area contributed by atoms with Crippen LogP contribution in [0.5, 0.6) is 0 Å². The largest absolute Gasteiger partial charge is 0.369 e. The van der Waals surface area contributed by atoms with Gasteiger partial charge in [-0.1, -0.05) is 19.3 Å². The predicted octanol–water partition coefficient (Wildman–Crippen LogP) is 0.642. The molecule has 2 rings (SSSR count). The highest BCUT2D eigenvalue weighted by molar-refractivity contribution is 5.81. The smallest absolute Gasteiger partial charge is 0.224 e. The summed E-state index contributed by atoms with van der Waals surface area (Å²) in [6, 6.07) is 0. The van der Waals surface area contributed by atoms with Gasteiger partial charge in [0.1, 0.15) is 0 Å². The van der Waals surface area contributed by atoms with E-state index in [4.69, 9.17) is 5.73 Å². The molecule has 0 radical (unpaired) electrons. The fraction of sp³-hybridized carbons (Fsp3) is 0.900. The van der Waals surface area contributed by atoms with Crippen molar-refractivity contribution in [1.29, 1.82) is 0 Å². The highest BCUT2D eigenvalue weighted by Crippen LogP contribution is 2.40. The molecule has 13 heavy (non-hydrogen) atoms. The molecule has 1 amide bonds. The molecule has 74 valence electrons. The molecule has 0 bridgehead atoms. The van der Waals surface area contributed by atoms with Crippen molar-refractivity contribution in [2.75, 3.05) is 13.1 Å². The normalized spacial score (nSPS) is 34.5. The Morgan fingerprint density at radius 1 is 1.54 bits per heavy atom. The maximum absolute atomic E-state index is 11.4. The summed E-state index contributed by atoms with van der Waals surface area (Å²) in [5.74, 6) is 0.678.